The Morgan fingerprint density at radius 2 is 1.82 bits per heavy atom. The Hall–Kier alpha value is -1.32. The van der Waals surface area contributed by atoms with E-state index in [1.54, 1.807) is 0 Å². The normalized spacial score (nSPS) is 10.9. The second-order valence-corrected chi connectivity index (χ2v) is 4.99. The predicted octanol–water partition coefficient (Wildman–Crippen LogP) is 4.44. The summed E-state index contributed by atoms with van der Waals surface area (Å²) in [5.41, 5.74) is 3.08. The number of nitrogens with zero attached hydrogens (tertiary/aromatic N) is 2. The van der Waals surface area contributed by atoms with E-state index in [0.717, 1.165) is 26.2 Å². The van der Waals surface area contributed by atoms with Gasteiger partial charge < -0.3 is 0 Å². The molecule has 2 aromatic carbocycles. The first-order valence-electron chi connectivity index (χ1n) is 5.13. The number of aromatic nitrogens is 2. The number of hydrogen-bond acceptors (Lipinski definition) is 1. The van der Waals surface area contributed by atoms with Gasteiger partial charge in [-0.05, 0) is 52.3 Å². The Bertz CT molecular complexity index is 673. The van der Waals surface area contributed by atoms with E-state index in [1.807, 2.05) is 53.4 Å². The van der Waals surface area contributed by atoms with Gasteiger partial charge in [0.05, 0.1) is 5.52 Å². The standard InChI is InChI=1S/C13H8BrClN2/c14-11-2-1-3-12-13(11)16-8-17(12)10-6-4-9(15)5-7-10/h1-8H. The lowest BCUT2D eigenvalue weighted by atomic mass is 10.3. The number of para-hydroxylation sites is 1. The van der Waals surface area contributed by atoms with Gasteiger partial charge in [0.25, 0.3) is 0 Å². The lowest BCUT2D eigenvalue weighted by Gasteiger charge is -2.04. The third kappa shape index (κ3) is 1.85. The first kappa shape index (κ1) is 10.8. The Morgan fingerprint density at radius 1 is 1.06 bits per heavy atom. The highest BCUT2D eigenvalue weighted by Crippen LogP contribution is 2.25. The van der Waals surface area contributed by atoms with Crippen LogP contribution in [0.4, 0.5) is 0 Å². The van der Waals surface area contributed by atoms with E-state index in [0.29, 0.717) is 0 Å². The molecule has 84 valence electrons. The molecule has 0 aliphatic heterocycles. The summed E-state index contributed by atoms with van der Waals surface area (Å²) in [6.07, 6.45) is 1.82. The third-order valence-electron chi connectivity index (χ3n) is 2.63. The molecule has 1 heterocycles. The van der Waals surface area contributed by atoms with Crippen molar-refractivity contribution >= 4 is 38.6 Å². The van der Waals surface area contributed by atoms with Gasteiger partial charge >= 0.3 is 0 Å². The maximum Gasteiger partial charge on any atom is 0.103 e. The fraction of sp³-hybridized carbons (Fsp3) is 0. The van der Waals surface area contributed by atoms with Crippen molar-refractivity contribution in [2.75, 3.05) is 0 Å². The zero-order valence-corrected chi connectivity index (χ0v) is 11.1. The van der Waals surface area contributed by atoms with Crippen molar-refractivity contribution in [3.63, 3.8) is 0 Å². The molecule has 0 radical (unpaired) electrons. The van der Waals surface area contributed by atoms with E-state index < -0.39 is 0 Å². The molecule has 0 aliphatic rings. The summed E-state index contributed by atoms with van der Waals surface area (Å²) in [7, 11) is 0. The number of halogens is 2. The van der Waals surface area contributed by atoms with Crippen LogP contribution in [0.3, 0.4) is 0 Å². The molecule has 2 nitrogen and oxygen atoms in total. The van der Waals surface area contributed by atoms with Gasteiger partial charge in [-0.25, -0.2) is 4.98 Å². The summed E-state index contributed by atoms with van der Waals surface area (Å²) < 4.78 is 3.04. The summed E-state index contributed by atoms with van der Waals surface area (Å²) in [5.74, 6) is 0. The summed E-state index contributed by atoms with van der Waals surface area (Å²) in [6, 6.07) is 13.7. The molecule has 0 aliphatic carbocycles. The molecule has 0 N–H and O–H groups in total. The van der Waals surface area contributed by atoms with Crippen molar-refractivity contribution in [1.82, 2.24) is 9.55 Å². The summed E-state index contributed by atoms with van der Waals surface area (Å²) in [6.45, 7) is 0. The van der Waals surface area contributed by atoms with E-state index in [1.165, 1.54) is 0 Å². The summed E-state index contributed by atoms with van der Waals surface area (Å²) in [4.78, 5) is 4.40. The topological polar surface area (TPSA) is 17.8 Å². The van der Waals surface area contributed by atoms with Crippen LogP contribution in [0, 0.1) is 0 Å². The van der Waals surface area contributed by atoms with Gasteiger partial charge in [0, 0.05) is 15.2 Å². The Balaban J connectivity index is 2.24. The first-order chi connectivity index (χ1) is 8.25. The lowest BCUT2D eigenvalue weighted by Crippen LogP contribution is -1.90. The molecular weight excluding hydrogens is 300 g/mol. The van der Waals surface area contributed by atoms with Crippen LogP contribution in [0.25, 0.3) is 16.7 Å². The average Bonchev–Trinajstić information content (AvgIpc) is 2.75. The van der Waals surface area contributed by atoms with Gasteiger partial charge in [0.2, 0.25) is 0 Å². The van der Waals surface area contributed by atoms with Gasteiger partial charge in [0.1, 0.15) is 11.8 Å². The summed E-state index contributed by atoms with van der Waals surface area (Å²) >= 11 is 9.38. The second-order valence-electron chi connectivity index (χ2n) is 3.70. The zero-order valence-electron chi connectivity index (χ0n) is 8.77. The molecule has 0 unspecified atom stereocenters. The van der Waals surface area contributed by atoms with Crippen molar-refractivity contribution in [3.8, 4) is 5.69 Å². The van der Waals surface area contributed by atoms with Gasteiger partial charge in [-0.15, -0.1) is 0 Å². The minimum Gasteiger partial charge on any atom is -0.299 e. The molecule has 0 bridgehead atoms. The Morgan fingerprint density at radius 3 is 2.59 bits per heavy atom. The maximum absolute atomic E-state index is 5.88. The molecule has 0 saturated heterocycles. The minimum atomic E-state index is 0.736. The molecule has 3 aromatic rings. The minimum absolute atomic E-state index is 0.736. The molecule has 0 amide bonds. The second kappa shape index (κ2) is 4.17. The highest BCUT2D eigenvalue weighted by Gasteiger charge is 2.06. The highest BCUT2D eigenvalue weighted by atomic mass is 79.9. The van der Waals surface area contributed by atoms with Crippen LogP contribution >= 0.6 is 27.5 Å². The van der Waals surface area contributed by atoms with Crippen LogP contribution in [0.15, 0.2) is 53.3 Å². The monoisotopic (exact) mass is 306 g/mol. The van der Waals surface area contributed by atoms with Crippen molar-refractivity contribution in [3.05, 3.63) is 58.3 Å². The highest BCUT2D eigenvalue weighted by molar-refractivity contribution is 9.10. The van der Waals surface area contributed by atoms with E-state index in [-0.39, 0.29) is 0 Å². The first-order valence-corrected chi connectivity index (χ1v) is 6.30. The molecule has 0 fully saturated rings. The summed E-state index contributed by atoms with van der Waals surface area (Å²) in [5, 5.41) is 0.736. The van der Waals surface area contributed by atoms with Gasteiger partial charge in [-0.3, -0.25) is 4.57 Å². The number of hydrogen-bond donors (Lipinski definition) is 0. The molecule has 1 aromatic heterocycles. The van der Waals surface area contributed by atoms with Gasteiger partial charge in [0.15, 0.2) is 0 Å². The fourth-order valence-electron chi connectivity index (χ4n) is 1.81. The van der Waals surface area contributed by atoms with Crippen molar-refractivity contribution in [1.29, 1.82) is 0 Å². The zero-order chi connectivity index (χ0) is 11.8. The molecule has 3 rings (SSSR count). The smallest absolute Gasteiger partial charge is 0.103 e. The van der Waals surface area contributed by atoms with Crippen LogP contribution < -0.4 is 0 Å². The third-order valence-corrected chi connectivity index (χ3v) is 3.52. The molecule has 17 heavy (non-hydrogen) atoms. The number of fused-ring (bicyclic) bond motifs is 1. The van der Waals surface area contributed by atoms with Crippen molar-refractivity contribution in [2.24, 2.45) is 0 Å². The van der Waals surface area contributed by atoms with Crippen molar-refractivity contribution < 1.29 is 0 Å². The molecule has 4 heteroatoms. The maximum atomic E-state index is 5.88. The largest absolute Gasteiger partial charge is 0.299 e. The number of rotatable bonds is 1. The van der Waals surface area contributed by atoms with Crippen LogP contribution in [0.2, 0.25) is 5.02 Å². The van der Waals surface area contributed by atoms with E-state index >= 15 is 0 Å². The molecular formula is C13H8BrClN2. The fourth-order valence-corrected chi connectivity index (χ4v) is 2.40. The lowest BCUT2D eigenvalue weighted by molar-refractivity contribution is 1.09. The predicted molar refractivity (Wildman–Crippen MR) is 73.8 cm³/mol. The number of benzene rings is 2. The molecule has 0 atom stereocenters. The van der Waals surface area contributed by atoms with E-state index in [4.69, 9.17) is 11.6 Å². The Kier molecular flexibility index (Phi) is 2.65. The van der Waals surface area contributed by atoms with Crippen LogP contribution in [-0.4, -0.2) is 9.55 Å². The van der Waals surface area contributed by atoms with E-state index in [9.17, 15) is 0 Å². The van der Waals surface area contributed by atoms with Crippen molar-refractivity contribution in [2.45, 2.75) is 0 Å². The number of imidazole rings is 1. The Labute approximate surface area is 112 Å². The van der Waals surface area contributed by atoms with Gasteiger partial charge in [-0.2, -0.15) is 0 Å². The average molecular weight is 308 g/mol. The quantitative estimate of drug-likeness (QED) is 0.650. The molecule has 0 spiro atoms. The van der Waals surface area contributed by atoms with Crippen LogP contribution in [-0.2, 0) is 0 Å². The van der Waals surface area contributed by atoms with Crippen LogP contribution in [0.1, 0.15) is 0 Å². The van der Waals surface area contributed by atoms with Crippen LogP contribution in [0.5, 0.6) is 0 Å². The molecule has 0 saturated carbocycles. The SMILES string of the molecule is Clc1ccc(-n2cnc3c(Br)cccc32)cc1. The van der Waals surface area contributed by atoms with E-state index in [2.05, 4.69) is 20.9 Å². The van der Waals surface area contributed by atoms with Gasteiger partial charge in [-0.1, -0.05) is 17.7 Å².